The maximum atomic E-state index is 13.5. The fraction of sp³-hybridized carbons (Fsp3) is 0.133. The minimum atomic E-state index is -1.18. The van der Waals surface area contributed by atoms with Gasteiger partial charge in [0.15, 0.2) is 0 Å². The Hall–Kier alpha value is -2.56. The Kier molecular flexibility index (Phi) is 3.89. The zero-order valence-corrected chi connectivity index (χ0v) is 11.0. The highest BCUT2D eigenvalue weighted by Crippen LogP contribution is 2.30. The third-order valence-electron chi connectivity index (χ3n) is 2.83. The SMILES string of the molecule is COc1cc(OC)cc(-c2cc(F)cc(C(=O)O)c2)c1. The lowest BCUT2D eigenvalue weighted by molar-refractivity contribution is 0.0696. The monoisotopic (exact) mass is 276 g/mol. The van der Waals surface area contributed by atoms with E-state index in [-0.39, 0.29) is 5.56 Å². The standard InChI is InChI=1S/C15H13FO4/c1-19-13-6-10(7-14(8-13)20-2)9-3-11(15(17)18)5-12(16)4-9/h3-8H,1-2H3,(H,17,18). The molecule has 0 fully saturated rings. The van der Waals surface area contributed by atoms with Gasteiger partial charge >= 0.3 is 5.97 Å². The Balaban J connectivity index is 2.58. The summed E-state index contributed by atoms with van der Waals surface area (Å²) in [7, 11) is 3.01. The lowest BCUT2D eigenvalue weighted by atomic mass is 10.0. The van der Waals surface area contributed by atoms with Crippen molar-refractivity contribution in [2.45, 2.75) is 0 Å². The zero-order valence-electron chi connectivity index (χ0n) is 11.0. The van der Waals surface area contributed by atoms with Gasteiger partial charge in [-0.25, -0.2) is 9.18 Å². The van der Waals surface area contributed by atoms with Crippen LogP contribution in [-0.4, -0.2) is 25.3 Å². The van der Waals surface area contributed by atoms with Crippen molar-refractivity contribution in [3.8, 4) is 22.6 Å². The quantitative estimate of drug-likeness (QED) is 0.931. The molecule has 0 spiro atoms. The average molecular weight is 276 g/mol. The molecular formula is C15H13FO4. The number of ether oxygens (including phenoxy) is 2. The molecule has 4 nitrogen and oxygen atoms in total. The number of hydrogen-bond donors (Lipinski definition) is 1. The van der Waals surface area contributed by atoms with Gasteiger partial charge in [-0.15, -0.1) is 0 Å². The molecule has 2 aromatic carbocycles. The molecule has 0 amide bonds. The van der Waals surface area contributed by atoms with E-state index in [0.717, 1.165) is 6.07 Å². The summed E-state index contributed by atoms with van der Waals surface area (Å²) in [6.07, 6.45) is 0. The third-order valence-corrected chi connectivity index (χ3v) is 2.83. The number of carboxylic acid groups (broad SMARTS) is 1. The number of rotatable bonds is 4. The maximum Gasteiger partial charge on any atom is 0.335 e. The molecular weight excluding hydrogens is 263 g/mol. The van der Waals surface area contributed by atoms with Crippen molar-refractivity contribution in [1.82, 2.24) is 0 Å². The molecule has 0 radical (unpaired) electrons. The van der Waals surface area contributed by atoms with Gasteiger partial charge in [0, 0.05) is 6.07 Å². The summed E-state index contributed by atoms with van der Waals surface area (Å²) in [6.45, 7) is 0. The first kappa shape index (κ1) is 13.9. The normalized spacial score (nSPS) is 10.2. The van der Waals surface area contributed by atoms with Gasteiger partial charge in [-0.3, -0.25) is 0 Å². The van der Waals surface area contributed by atoms with Crippen molar-refractivity contribution in [3.63, 3.8) is 0 Å². The van der Waals surface area contributed by atoms with Crippen LogP contribution in [0.5, 0.6) is 11.5 Å². The van der Waals surface area contributed by atoms with E-state index in [2.05, 4.69) is 0 Å². The summed E-state index contributed by atoms with van der Waals surface area (Å²) in [4.78, 5) is 11.0. The summed E-state index contributed by atoms with van der Waals surface area (Å²) < 4.78 is 23.8. The van der Waals surface area contributed by atoms with Gasteiger partial charge in [0.05, 0.1) is 19.8 Å². The fourth-order valence-corrected chi connectivity index (χ4v) is 1.85. The van der Waals surface area contributed by atoms with Crippen molar-refractivity contribution in [3.05, 3.63) is 47.8 Å². The Labute approximate surface area is 115 Å². The second kappa shape index (κ2) is 5.61. The molecule has 0 aliphatic rings. The van der Waals surface area contributed by atoms with Crippen LogP contribution in [0.1, 0.15) is 10.4 Å². The Bertz CT molecular complexity index is 630. The van der Waals surface area contributed by atoms with Gasteiger partial charge in [-0.2, -0.15) is 0 Å². The molecule has 2 rings (SSSR count). The largest absolute Gasteiger partial charge is 0.497 e. The van der Waals surface area contributed by atoms with Gasteiger partial charge in [0.1, 0.15) is 17.3 Å². The summed E-state index contributed by atoms with van der Waals surface area (Å²) >= 11 is 0. The molecule has 0 aliphatic carbocycles. The van der Waals surface area contributed by atoms with E-state index in [0.29, 0.717) is 22.6 Å². The second-order valence-electron chi connectivity index (χ2n) is 4.14. The highest BCUT2D eigenvalue weighted by molar-refractivity contribution is 5.89. The zero-order chi connectivity index (χ0) is 14.7. The van der Waals surface area contributed by atoms with E-state index >= 15 is 0 Å². The molecule has 0 bridgehead atoms. The number of hydrogen-bond acceptors (Lipinski definition) is 3. The number of halogens is 1. The van der Waals surface area contributed by atoms with Crippen LogP contribution in [-0.2, 0) is 0 Å². The predicted octanol–water partition coefficient (Wildman–Crippen LogP) is 3.21. The summed E-state index contributed by atoms with van der Waals surface area (Å²) in [6, 6.07) is 8.69. The van der Waals surface area contributed by atoms with Gasteiger partial charge in [0.2, 0.25) is 0 Å². The molecule has 0 aliphatic heterocycles. The van der Waals surface area contributed by atoms with Crippen LogP contribution in [0.3, 0.4) is 0 Å². The van der Waals surface area contributed by atoms with Crippen LogP contribution >= 0.6 is 0 Å². The van der Waals surface area contributed by atoms with Gasteiger partial charge in [-0.1, -0.05) is 0 Å². The van der Waals surface area contributed by atoms with Crippen LogP contribution < -0.4 is 9.47 Å². The highest BCUT2D eigenvalue weighted by Gasteiger charge is 2.10. The summed E-state index contributed by atoms with van der Waals surface area (Å²) in [5.74, 6) is -0.705. The van der Waals surface area contributed by atoms with Gasteiger partial charge in [0.25, 0.3) is 0 Å². The van der Waals surface area contributed by atoms with E-state index < -0.39 is 11.8 Å². The lowest BCUT2D eigenvalue weighted by Crippen LogP contribution is -1.98. The van der Waals surface area contributed by atoms with Crippen molar-refractivity contribution in [2.75, 3.05) is 14.2 Å². The van der Waals surface area contributed by atoms with E-state index in [1.165, 1.54) is 26.4 Å². The highest BCUT2D eigenvalue weighted by atomic mass is 19.1. The van der Waals surface area contributed by atoms with Crippen molar-refractivity contribution < 1.29 is 23.8 Å². The van der Waals surface area contributed by atoms with E-state index in [1.807, 2.05) is 0 Å². The van der Waals surface area contributed by atoms with Crippen molar-refractivity contribution in [1.29, 1.82) is 0 Å². The maximum absolute atomic E-state index is 13.5. The van der Waals surface area contributed by atoms with Gasteiger partial charge in [-0.05, 0) is 41.5 Å². The van der Waals surface area contributed by atoms with Crippen LogP contribution in [0.15, 0.2) is 36.4 Å². The molecule has 1 N–H and O–H groups in total. The molecule has 5 heteroatoms. The van der Waals surface area contributed by atoms with Crippen LogP contribution in [0.4, 0.5) is 4.39 Å². The first-order chi connectivity index (χ1) is 9.53. The van der Waals surface area contributed by atoms with Gasteiger partial charge < -0.3 is 14.6 Å². The molecule has 0 atom stereocenters. The first-order valence-corrected chi connectivity index (χ1v) is 5.81. The molecule has 0 saturated carbocycles. The topological polar surface area (TPSA) is 55.8 Å². The Morgan fingerprint density at radius 2 is 1.50 bits per heavy atom. The number of carboxylic acids is 1. The van der Waals surface area contributed by atoms with E-state index in [9.17, 15) is 9.18 Å². The summed E-state index contributed by atoms with van der Waals surface area (Å²) in [5.41, 5.74) is 0.949. The smallest absolute Gasteiger partial charge is 0.335 e. The number of aromatic carboxylic acids is 1. The minimum Gasteiger partial charge on any atom is -0.497 e. The number of benzene rings is 2. The lowest BCUT2D eigenvalue weighted by Gasteiger charge is -2.09. The number of carbonyl (C=O) groups is 1. The predicted molar refractivity (Wildman–Crippen MR) is 71.9 cm³/mol. The molecule has 0 aromatic heterocycles. The Morgan fingerprint density at radius 1 is 0.950 bits per heavy atom. The molecule has 0 heterocycles. The molecule has 0 saturated heterocycles. The Morgan fingerprint density at radius 3 is 2.00 bits per heavy atom. The number of methoxy groups -OCH3 is 2. The molecule has 0 unspecified atom stereocenters. The van der Waals surface area contributed by atoms with Crippen molar-refractivity contribution in [2.24, 2.45) is 0 Å². The van der Waals surface area contributed by atoms with E-state index in [4.69, 9.17) is 14.6 Å². The second-order valence-corrected chi connectivity index (χ2v) is 4.14. The third kappa shape index (κ3) is 2.88. The van der Waals surface area contributed by atoms with Crippen LogP contribution in [0, 0.1) is 5.82 Å². The minimum absolute atomic E-state index is 0.109. The van der Waals surface area contributed by atoms with Crippen LogP contribution in [0.25, 0.3) is 11.1 Å². The molecule has 2 aromatic rings. The first-order valence-electron chi connectivity index (χ1n) is 5.81. The molecule has 104 valence electrons. The average Bonchev–Trinajstić information content (AvgIpc) is 2.45. The van der Waals surface area contributed by atoms with Crippen molar-refractivity contribution >= 4 is 5.97 Å². The summed E-state index contributed by atoms with van der Waals surface area (Å²) in [5, 5.41) is 8.97. The molecule has 20 heavy (non-hydrogen) atoms. The van der Waals surface area contributed by atoms with Crippen LogP contribution in [0.2, 0.25) is 0 Å². The fourth-order valence-electron chi connectivity index (χ4n) is 1.85. The van der Waals surface area contributed by atoms with E-state index in [1.54, 1.807) is 18.2 Å².